The molecular formula is C28H35N5O5. The molecule has 2 amide bonds. The summed E-state index contributed by atoms with van der Waals surface area (Å²) in [7, 11) is 5.04. The van der Waals surface area contributed by atoms with Crippen molar-refractivity contribution in [3.05, 3.63) is 58.6 Å². The zero-order valence-electron chi connectivity index (χ0n) is 22.8. The van der Waals surface area contributed by atoms with Gasteiger partial charge in [-0.15, -0.1) is 0 Å². The third kappa shape index (κ3) is 5.70. The van der Waals surface area contributed by atoms with Crippen molar-refractivity contribution in [2.24, 2.45) is 0 Å². The van der Waals surface area contributed by atoms with E-state index in [0.717, 1.165) is 22.4 Å². The summed E-state index contributed by atoms with van der Waals surface area (Å²) in [6.07, 6.45) is 7.80. The van der Waals surface area contributed by atoms with E-state index in [4.69, 9.17) is 9.47 Å². The zero-order valence-corrected chi connectivity index (χ0v) is 22.8. The Balaban J connectivity index is 1.40. The summed E-state index contributed by atoms with van der Waals surface area (Å²) in [4.78, 5) is 49.8. The van der Waals surface area contributed by atoms with E-state index in [0.29, 0.717) is 43.9 Å². The van der Waals surface area contributed by atoms with Crippen LogP contribution in [0.4, 0.5) is 10.6 Å². The number of esters is 1. The summed E-state index contributed by atoms with van der Waals surface area (Å²) in [5.41, 5.74) is 2.46. The van der Waals surface area contributed by atoms with Gasteiger partial charge in [-0.05, 0) is 57.5 Å². The molecular weight excluding hydrogens is 486 g/mol. The predicted octanol–water partition coefficient (Wildman–Crippen LogP) is 3.06. The van der Waals surface area contributed by atoms with Crippen molar-refractivity contribution in [1.29, 1.82) is 0 Å². The number of nitrogens with zero attached hydrogens (tertiary/aromatic N) is 4. The van der Waals surface area contributed by atoms with Crippen molar-refractivity contribution >= 4 is 29.9 Å². The average molecular weight is 522 g/mol. The molecule has 2 aromatic rings. The molecule has 10 nitrogen and oxygen atoms in total. The quantitative estimate of drug-likeness (QED) is 0.553. The number of amides is 2. The smallest absolute Gasteiger partial charge is 0.410 e. The van der Waals surface area contributed by atoms with Gasteiger partial charge in [0.1, 0.15) is 11.4 Å². The van der Waals surface area contributed by atoms with Gasteiger partial charge in [-0.3, -0.25) is 9.78 Å². The minimum absolute atomic E-state index is 0.104. The first-order chi connectivity index (χ1) is 17.9. The van der Waals surface area contributed by atoms with Crippen LogP contribution in [0.1, 0.15) is 53.5 Å². The first-order valence-electron chi connectivity index (χ1n) is 12.6. The largest absolute Gasteiger partial charge is 0.465 e. The molecule has 0 unspecified atom stereocenters. The van der Waals surface area contributed by atoms with E-state index in [9.17, 15) is 14.4 Å². The Labute approximate surface area is 223 Å². The number of anilines is 1. The topological polar surface area (TPSA) is 114 Å². The number of carbonyl (C=O) groups is 3. The lowest BCUT2D eigenvalue weighted by molar-refractivity contribution is -0.120. The molecule has 1 aliphatic heterocycles. The molecule has 0 saturated heterocycles. The van der Waals surface area contributed by atoms with E-state index in [1.54, 1.807) is 24.2 Å². The number of hydrogen-bond acceptors (Lipinski definition) is 8. The Hall–Kier alpha value is -3.79. The average Bonchev–Trinajstić information content (AvgIpc) is 3.37. The second kappa shape index (κ2) is 10.5. The lowest BCUT2D eigenvalue weighted by atomic mass is 9.79. The van der Waals surface area contributed by atoms with Crippen LogP contribution in [0.5, 0.6) is 0 Å². The van der Waals surface area contributed by atoms with E-state index in [2.05, 4.69) is 20.2 Å². The van der Waals surface area contributed by atoms with Crippen molar-refractivity contribution in [2.45, 2.75) is 44.6 Å². The van der Waals surface area contributed by atoms with Crippen LogP contribution in [0.25, 0.3) is 6.08 Å². The highest BCUT2D eigenvalue weighted by Crippen LogP contribution is 2.46. The van der Waals surface area contributed by atoms with Crippen molar-refractivity contribution in [2.75, 3.05) is 46.2 Å². The van der Waals surface area contributed by atoms with E-state index >= 15 is 0 Å². The van der Waals surface area contributed by atoms with Crippen LogP contribution in [0.15, 0.2) is 30.6 Å². The molecule has 0 saturated carbocycles. The number of nitrogens with one attached hydrogen (secondary N) is 1. The van der Waals surface area contributed by atoms with Gasteiger partial charge < -0.3 is 24.6 Å². The summed E-state index contributed by atoms with van der Waals surface area (Å²) in [5.74, 6) is 0.0103. The van der Waals surface area contributed by atoms with Crippen LogP contribution in [0, 0.1) is 0 Å². The fourth-order valence-electron chi connectivity index (χ4n) is 4.70. The van der Waals surface area contributed by atoms with E-state index in [1.165, 1.54) is 13.3 Å². The van der Waals surface area contributed by atoms with Crippen LogP contribution in [0.3, 0.4) is 0 Å². The SMILES string of the molecule is COC(=O)c1cnc2c(c1)C[C@@]1(C2)C(=O)Nc2ncc(/C=C/CN(C)CCN(C)C(=O)OC(C)(C)C)cc21. The summed E-state index contributed by atoms with van der Waals surface area (Å²) < 4.78 is 10.2. The van der Waals surface area contributed by atoms with Crippen molar-refractivity contribution < 1.29 is 23.9 Å². The maximum atomic E-state index is 13.1. The van der Waals surface area contributed by atoms with Gasteiger partial charge in [0.05, 0.1) is 18.1 Å². The van der Waals surface area contributed by atoms with Crippen LogP contribution in [-0.2, 0) is 32.5 Å². The minimum Gasteiger partial charge on any atom is -0.465 e. The Kier molecular flexibility index (Phi) is 7.55. The number of rotatable bonds is 7. The van der Waals surface area contributed by atoms with Gasteiger partial charge >= 0.3 is 12.1 Å². The summed E-state index contributed by atoms with van der Waals surface area (Å²) in [6, 6.07) is 3.77. The first-order valence-corrected chi connectivity index (χ1v) is 12.6. The standard InChI is InChI=1S/C28H35N5O5/c1-27(2,3)38-26(36)33(5)11-10-32(4)9-7-8-18-12-21-23(30-16-18)31-25(35)28(21)14-19-13-20(24(34)37-6)17-29-22(19)15-28/h7-8,12-13,16-17H,9-11,14-15H2,1-6H3,(H,30,31,35)/b8-7+/t28-/m0/s1. The molecule has 2 aliphatic rings. The Bertz CT molecular complexity index is 1280. The normalized spacial score (nSPS) is 18.0. The van der Waals surface area contributed by atoms with Gasteiger partial charge in [-0.25, -0.2) is 14.6 Å². The third-order valence-corrected chi connectivity index (χ3v) is 6.78. The van der Waals surface area contributed by atoms with Crippen LogP contribution in [-0.4, -0.2) is 84.2 Å². The summed E-state index contributed by atoms with van der Waals surface area (Å²) in [5, 5.41) is 2.92. The number of aromatic nitrogens is 2. The number of hydrogen-bond donors (Lipinski definition) is 1. The minimum atomic E-state index is -0.792. The number of likely N-dealkylation sites (N-methyl/N-ethyl adjacent to an activating group) is 2. The fraction of sp³-hybridized carbons (Fsp3) is 0.464. The van der Waals surface area contributed by atoms with Crippen LogP contribution < -0.4 is 5.32 Å². The lowest BCUT2D eigenvalue weighted by Gasteiger charge is -2.26. The van der Waals surface area contributed by atoms with Gasteiger partial charge in [0.2, 0.25) is 5.91 Å². The molecule has 0 aromatic carbocycles. The maximum Gasteiger partial charge on any atom is 0.410 e. The van der Waals surface area contributed by atoms with Gasteiger partial charge in [0.15, 0.2) is 0 Å². The summed E-state index contributed by atoms with van der Waals surface area (Å²) >= 11 is 0. The zero-order chi connectivity index (χ0) is 27.7. The van der Waals surface area contributed by atoms with Crippen LogP contribution in [0.2, 0.25) is 0 Å². The molecule has 1 atom stereocenters. The Morgan fingerprint density at radius 2 is 1.89 bits per heavy atom. The molecule has 2 aromatic heterocycles. The molecule has 38 heavy (non-hydrogen) atoms. The number of carbonyl (C=O) groups excluding carboxylic acids is 3. The van der Waals surface area contributed by atoms with Gasteiger partial charge in [0, 0.05) is 56.8 Å². The molecule has 0 bridgehead atoms. The molecule has 0 fully saturated rings. The molecule has 1 aliphatic carbocycles. The number of pyridine rings is 2. The molecule has 202 valence electrons. The molecule has 10 heteroatoms. The van der Waals surface area contributed by atoms with E-state index < -0.39 is 17.0 Å². The first kappa shape index (κ1) is 27.3. The molecule has 1 spiro atoms. The fourth-order valence-corrected chi connectivity index (χ4v) is 4.70. The van der Waals surface area contributed by atoms with Crippen molar-refractivity contribution in [3.63, 3.8) is 0 Å². The number of ether oxygens (including phenoxy) is 2. The van der Waals surface area contributed by atoms with E-state index in [-0.39, 0.29) is 12.0 Å². The van der Waals surface area contributed by atoms with Gasteiger partial charge in [-0.2, -0.15) is 0 Å². The highest BCUT2D eigenvalue weighted by molar-refractivity contribution is 6.06. The van der Waals surface area contributed by atoms with Crippen molar-refractivity contribution in [3.8, 4) is 0 Å². The second-order valence-corrected chi connectivity index (χ2v) is 10.9. The predicted molar refractivity (Wildman–Crippen MR) is 143 cm³/mol. The number of fused-ring (bicyclic) bond motifs is 3. The molecule has 0 radical (unpaired) electrons. The highest BCUT2D eigenvalue weighted by Gasteiger charge is 2.52. The Morgan fingerprint density at radius 3 is 2.61 bits per heavy atom. The van der Waals surface area contributed by atoms with Gasteiger partial charge in [-0.1, -0.05) is 12.2 Å². The van der Waals surface area contributed by atoms with Crippen LogP contribution >= 0.6 is 0 Å². The monoisotopic (exact) mass is 521 g/mol. The maximum absolute atomic E-state index is 13.1. The lowest BCUT2D eigenvalue weighted by Crippen LogP contribution is -2.38. The number of methoxy groups -OCH3 is 1. The Morgan fingerprint density at radius 1 is 1.13 bits per heavy atom. The van der Waals surface area contributed by atoms with Gasteiger partial charge in [0.25, 0.3) is 0 Å². The molecule has 3 heterocycles. The summed E-state index contributed by atoms with van der Waals surface area (Å²) in [6.45, 7) is 7.44. The van der Waals surface area contributed by atoms with Crippen molar-refractivity contribution in [1.82, 2.24) is 19.8 Å². The second-order valence-electron chi connectivity index (χ2n) is 10.9. The van der Waals surface area contributed by atoms with E-state index in [1.807, 2.05) is 46.0 Å². The third-order valence-electron chi connectivity index (χ3n) is 6.78. The molecule has 4 rings (SSSR count). The molecule has 1 N–H and O–H groups in total. The highest BCUT2D eigenvalue weighted by atomic mass is 16.6.